The van der Waals surface area contributed by atoms with Crippen LogP contribution >= 0.6 is 12.6 Å². The van der Waals surface area contributed by atoms with Gasteiger partial charge in [0, 0.05) is 18.8 Å². The van der Waals surface area contributed by atoms with E-state index in [1.165, 1.54) is 5.69 Å². The van der Waals surface area contributed by atoms with Crippen LogP contribution in [-0.2, 0) is 0 Å². The molecular formula is C16H24N2S. The molecule has 2 nitrogen and oxygen atoms in total. The molecule has 1 unspecified atom stereocenters. The van der Waals surface area contributed by atoms with Crippen LogP contribution in [-0.4, -0.2) is 18.8 Å². The smallest absolute Gasteiger partial charge is 0.0640 e. The van der Waals surface area contributed by atoms with Crippen LogP contribution in [0, 0.1) is 22.7 Å². The van der Waals surface area contributed by atoms with Crippen molar-refractivity contribution in [1.82, 2.24) is 0 Å². The zero-order valence-electron chi connectivity index (χ0n) is 12.1. The molecule has 0 spiro atoms. The second-order valence-corrected chi connectivity index (χ2v) is 6.30. The highest BCUT2D eigenvalue weighted by Gasteiger charge is 2.25. The van der Waals surface area contributed by atoms with E-state index >= 15 is 0 Å². The SMILES string of the molecule is CC(C)(C)C(CS)CN(CCC#N)c1ccccc1. The van der Waals surface area contributed by atoms with Crippen molar-refractivity contribution in [1.29, 1.82) is 5.26 Å². The van der Waals surface area contributed by atoms with Crippen LogP contribution in [0.25, 0.3) is 0 Å². The molecular weight excluding hydrogens is 252 g/mol. The van der Waals surface area contributed by atoms with Gasteiger partial charge < -0.3 is 4.90 Å². The number of rotatable bonds is 6. The standard InChI is InChI=1S/C16H24N2S/c1-16(2,3)14(13-19)12-18(11-7-10-17)15-8-5-4-6-9-15/h4-6,8-9,14,19H,7,11-13H2,1-3H3. The summed E-state index contributed by atoms with van der Waals surface area (Å²) in [6.07, 6.45) is 0.554. The van der Waals surface area contributed by atoms with Crippen LogP contribution in [0.15, 0.2) is 30.3 Å². The Bertz CT molecular complexity index is 403. The van der Waals surface area contributed by atoms with Crippen molar-refractivity contribution in [3.05, 3.63) is 30.3 Å². The number of hydrogen-bond donors (Lipinski definition) is 1. The molecule has 0 N–H and O–H groups in total. The Kier molecular flexibility index (Phi) is 6.24. The van der Waals surface area contributed by atoms with E-state index in [1.54, 1.807) is 0 Å². The fourth-order valence-electron chi connectivity index (χ4n) is 2.02. The van der Waals surface area contributed by atoms with Crippen LogP contribution in [0.5, 0.6) is 0 Å². The van der Waals surface area contributed by atoms with Gasteiger partial charge in [-0.15, -0.1) is 0 Å². The molecule has 0 aromatic heterocycles. The molecule has 0 aliphatic rings. The Hall–Kier alpha value is -1.14. The van der Waals surface area contributed by atoms with Gasteiger partial charge in [0.05, 0.1) is 12.5 Å². The molecule has 3 heteroatoms. The third kappa shape index (κ3) is 5.16. The second-order valence-electron chi connectivity index (χ2n) is 5.94. The summed E-state index contributed by atoms with van der Waals surface area (Å²) in [4.78, 5) is 2.30. The van der Waals surface area contributed by atoms with Gasteiger partial charge in [0.2, 0.25) is 0 Å². The first-order valence-corrected chi connectivity index (χ1v) is 7.40. The summed E-state index contributed by atoms with van der Waals surface area (Å²) in [5, 5.41) is 8.82. The van der Waals surface area contributed by atoms with Crippen molar-refractivity contribution < 1.29 is 0 Å². The lowest BCUT2D eigenvalue weighted by molar-refractivity contribution is 0.269. The second kappa shape index (κ2) is 7.45. The first-order valence-electron chi connectivity index (χ1n) is 6.77. The topological polar surface area (TPSA) is 27.0 Å². The van der Waals surface area contributed by atoms with Gasteiger partial charge in [0.25, 0.3) is 0 Å². The lowest BCUT2D eigenvalue weighted by Crippen LogP contribution is -2.37. The number of para-hydroxylation sites is 1. The third-order valence-corrected chi connectivity index (χ3v) is 3.94. The molecule has 0 heterocycles. The average Bonchev–Trinajstić information content (AvgIpc) is 2.38. The van der Waals surface area contributed by atoms with Crippen LogP contribution in [0.3, 0.4) is 0 Å². The summed E-state index contributed by atoms with van der Waals surface area (Å²) in [6, 6.07) is 12.6. The Labute approximate surface area is 122 Å². The molecule has 1 atom stereocenters. The maximum Gasteiger partial charge on any atom is 0.0640 e. The minimum absolute atomic E-state index is 0.224. The molecule has 0 saturated carbocycles. The summed E-state index contributed by atoms with van der Waals surface area (Å²) in [7, 11) is 0. The highest BCUT2D eigenvalue weighted by atomic mass is 32.1. The van der Waals surface area contributed by atoms with Gasteiger partial charge in [0.15, 0.2) is 0 Å². The van der Waals surface area contributed by atoms with Crippen LogP contribution in [0.2, 0.25) is 0 Å². The lowest BCUT2D eigenvalue weighted by atomic mass is 9.81. The van der Waals surface area contributed by atoms with Gasteiger partial charge in [-0.1, -0.05) is 39.0 Å². The average molecular weight is 276 g/mol. The molecule has 1 rings (SSSR count). The van der Waals surface area contributed by atoms with Gasteiger partial charge in [-0.05, 0) is 29.2 Å². The monoisotopic (exact) mass is 276 g/mol. The third-order valence-electron chi connectivity index (χ3n) is 3.50. The van der Waals surface area contributed by atoms with Crippen LogP contribution in [0.1, 0.15) is 27.2 Å². The number of nitrogens with zero attached hydrogens (tertiary/aromatic N) is 2. The van der Waals surface area contributed by atoms with E-state index in [0.29, 0.717) is 12.3 Å². The highest BCUT2D eigenvalue weighted by molar-refractivity contribution is 7.80. The van der Waals surface area contributed by atoms with Gasteiger partial charge in [0.1, 0.15) is 0 Å². The molecule has 0 saturated heterocycles. The van der Waals surface area contributed by atoms with E-state index < -0.39 is 0 Å². The Morgan fingerprint density at radius 3 is 2.37 bits per heavy atom. The Morgan fingerprint density at radius 2 is 1.89 bits per heavy atom. The predicted molar refractivity (Wildman–Crippen MR) is 85.7 cm³/mol. The van der Waals surface area contributed by atoms with Crippen molar-refractivity contribution in [3.63, 3.8) is 0 Å². The number of hydrogen-bond acceptors (Lipinski definition) is 3. The van der Waals surface area contributed by atoms with Crippen molar-refractivity contribution in [2.45, 2.75) is 27.2 Å². The fraction of sp³-hybridized carbons (Fsp3) is 0.562. The van der Waals surface area contributed by atoms with Gasteiger partial charge in [-0.2, -0.15) is 17.9 Å². The molecule has 104 valence electrons. The maximum absolute atomic E-state index is 8.82. The molecule has 0 fully saturated rings. The number of benzene rings is 1. The Morgan fingerprint density at radius 1 is 1.26 bits per heavy atom. The predicted octanol–water partition coefficient (Wildman–Crippen LogP) is 4.00. The highest BCUT2D eigenvalue weighted by Crippen LogP contribution is 2.29. The summed E-state index contributed by atoms with van der Waals surface area (Å²) in [6.45, 7) is 8.48. The molecule has 1 aromatic rings. The van der Waals surface area contributed by atoms with Crippen LogP contribution < -0.4 is 4.90 Å². The van der Waals surface area contributed by atoms with E-state index in [0.717, 1.165) is 18.8 Å². The molecule has 19 heavy (non-hydrogen) atoms. The minimum Gasteiger partial charge on any atom is -0.370 e. The van der Waals surface area contributed by atoms with Crippen molar-refractivity contribution in [2.24, 2.45) is 11.3 Å². The summed E-state index contributed by atoms with van der Waals surface area (Å²) in [5.74, 6) is 1.36. The van der Waals surface area contributed by atoms with Crippen molar-refractivity contribution in [2.75, 3.05) is 23.7 Å². The van der Waals surface area contributed by atoms with Gasteiger partial charge in [-0.3, -0.25) is 0 Å². The first kappa shape index (κ1) is 15.9. The van der Waals surface area contributed by atoms with E-state index in [1.807, 2.05) is 18.2 Å². The zero-order chi connectivity index (χ0) is 14.3. The summed E-state index contributed by atoms with van der Waals surface area (Å²) >= 11 is 4.50. The van der Waals surface area contributed by atoms with E-state index in [9.17, 15) is 0 Å². The van der Waals surface area contributed by atoms with E-state index in [2.05, 4.69) is 56.5 Å². The normalized spacial score (nSPS) is 12.8. The molecule has 1 aromatic carbocycles. The largest absolute Gasteiger partial charge is 0.370 e. The fourth-order valence-corrected chi connectivity index (χ4v) is 2.68. The number of anilines is 1. The molecule has 0 aliphatic heterocycles. The van der Waals surface area contributed by atoms with Crippen molar-refractivity contribution >= 4 is 18.3 Å². The summed E-state index contributed by atoms with van der Waals surface area (Å²) < 4.78 is 0. The van der Waals surface area contributed by atoms with Gasteiger partial charge in [-0.25, -0.2) is 0 Å². The molecule has 0 bridgehead atoms. The molecule has 0 radical (unpaired) electrons. The zero-order valence-corrected chi connectivity index (χ0v) is 13.0. The van der Waals surface area contributed by atoms with Crippen LogP contribution in [0.4, 0.5) is 5.69 Å². The lowest BCUT2D eigenvalue weighted by Gasteiger charge is -2.35. The van der Waals surface area contributed by atoms with E-state index in [4.69, 9.17) is 5.26 Å². The van der Waals surface area contributed by atoms with Crippen molar-refractivity contribution in [3.8, 4) is 6.07 Å². The quantitative estimate of drug-likeness (QED) is 0.795. The Balaban J connectivity index is 2.83. The minimum atomic E-state index is 0.224. The number of nitriles is 1. The maximum atomic E-state index is 8.82. The first-order chi connectivity index (χ1) is 8.99. The molecule has 0 amide bonds. The number of thiol groups is 1. The summed E-state index contributed by atoms with van der Waals surface area (Å²) in [5.41, 5.74) is 1.41. The van der Waals surface area contributed by atoms with E-state index in [-0.39, 0.29) is 5.41 Å². The molecule has 0 aliphatic carbocycles. The van der Waals surface area contributed by atoms with Gasteiger partial charge >= 0.3 is 0 Å².